The Kier molecular flexibility index (Phi) is 6.04. The van der Waals surface area contributed by atoms with Crippen LogP contribution in [0.2, 0.25) is 0 Å². The standard InChI is InChI=1S/C15H17F3N4O2.C2HF3O2/c16-11-2-19-13(20-3-11)21-4-10-5-24-9-14(10,6-21)1-12(23)22-7-15(17,18)8-22;3-2(4,5)1(6)7/h2-3,10H,1,4-9H2;(H,6,7)/t10-,14+;/m1./s1. The van der Waals surface area contributed by atoms with E-state index in [1.807, 2.05) is 4.90 Å². The lowest BCUT2D eigenvalue weighted by Crippen LogP contribution is -2.59. The monoisotopic (exact) mass is 456 g/mol. The van der Waals surface area contributed by atoms with Gasteiger partial charge in [-0.05, 0) is 0 Å². The molecule has 3 aliphatic heterocycles. The maximum Gasteiger partial charge on any atom is 0.490 e. The van der Waals surface area contributed by atoms with Crippen LogP contribution in [0, 0.1) is 17.2 Å². The molecule has 0 unspecified atom stereocenters. The van der Waals surface area contributed by atoms with Gasteiger partial charge >= 0.3 is 12.1 Å². The fourth-order valence-electron chi connectivity index (χ4n) is 3.80. The Balaban J connectivity index is 0.000000339. The van der Waals surface area contributed by atoms with Crippen molar-refractivity contribution < 1.29 is 45.8 Å². The van der Waals surface area contributed by atoms with E-state index in [2.05, 4.69) is 9.97 Å². The summed E-state index contributed by atoms with van der Waals surface area (Å²) in [4.78, 5) is 32.3. The molecule has 31 heavy (non-hydrogen) atoms. The lowest BCUT2D eigenvalue weighted by Gasteiger charge is -2.40. The Labute approximate surface area is 171 Å². The van der Waals surface area contributed by atoms with E-state index in [-0.39, 0.29) is 18.2 Å². The number of carbonyl (C=O) groups excluding carboxylic acids is 1. The Morgan fingerprint density at radius 2 is 1.77 bits per heavy atom. The van der Waals surface area contributed by atoms with Crippen LogP contribution < -0.4 is 4.90 Å². The zero-order valence-electron chi connectivity index (χ0n) is 15.9. The largest absolute Gasteiger partial charge is 0.490 e. The van der Waals surface area contributed by atoms with Gasteiger partial charge in [0.25, 0.3) is 5.92 Å². The number of halogens is 6. The number of fused-ring (bicyclic) bond motifs is 1. The van der Waals surface area contributed by atoms with E-state index < -0.39 is 42.4 Å². The van der Waals surface area contributed by atoms with Crippen molar-refractivity contribution in [1.82, 2.24) is 14.9 Å². The van der Waals surface area contributed by atoms with Gasteiger partial charge in [-0.15, -0.1) is 0 Å². The van der Waals surface area contributed by atoms with Crippen molar-refractivity contribution in [2.75, 3.05) is 44.3 Å². The van der Waals surface area contributed by atoms with Gasteiger partial charge < -0.3 is 19.6 Å². The molecule has 1 amide bonds. The molecule has 1 aromatic rings. The quantitative estimate of drug-likeness (QED) is 0.690. The summed E-state index contributed by atoms with van der Waals surface area (Å²) < 4.78 is 76.2. The number of carboxylic acids is 1. The highest BCUT2D eigenvalue weighted by molar-refractivity contribution is 5.78. The average Bonchev–Trinajstić information content (AvgIpc) is 3.16. The second-order valence-corrected chi connectivity index (χ2v) is 7.74. The number of carboxylic acid groups (broad SMARTS) is 1. The highest BCUT2D eigenvalue weighted by atomic mass is 19.4. The minimum Gasteiger partial charge on any atom is -0.475 e. The zero-order valence-corrected chi connectivity index (χ0v) is 15.9. The van der Waals surface area contributed by atoms with Crippen LogP contribution in [-0.4, -0.2) is 83.3 Å². The molecule has 0 aliphatic carbocycles. The zero-order chi connectivity index (χ0) is 23.0. The second kappa shape index (κ2) is 8.13. The maximum atomic E-state index is 13.0. The molecule has 1 aromatic heterocycles. The van der Waals surface area contributed by atoms with Crippen molar-refractivity contribution in [3.8, 4) is 0 Å². The normalized spacial score (nSPS) is 26.6. The fourth-order valence-corrected chi connectivity index (χ4v) is 3.80. The number of carbonyl (C=O) groups is 2. The average molecular weight is 456 g/mol. The van der Waals surface area contributed by atoms with Crippen LogP contribution in [0.4, 0.5) is 32.3 Å². The smallest absolute Gasteiger partial charge is 0.475 e. The molecule has 172 valence electrons. The van der Waals surface area contributed by atoms with Gasteiger partial charge in [0.1, 0.15) is 0 Å². The predicted molar refractivity (Wildman–Crippen MR) is 90.8 cm³/mol. The van der Waals surface area contributed by atoms with E-state index in [9.17, 15) is 31.1 Å². The summed E-state index contributed by atoms with van der Waals surface area (Å²) in [5.41, 5.74) is -0.417. The fraction of sp³-hybridized carbons (Fsp3) is 0.647. The van der Waals surface area contributed by atoms with Crippen molar-refractivity contribution in [3.05, 3.63) is 18.2 Å². The molecule has 4 heterocycles. The molecule has 3 aliphatic rings. The Morgan fingerprint density at radius 1 is 1.19 bits per heavy atom. The molecule has 3 fully saturated rings. The number of rotatable bonds is 3. The van der Waals surface area contributed by atoms with Gasteiger partial charge in [-0.1, -0.05) is 0 Å². The molecule has 0 spiro atoms. The van der Waals surface area contributed by atoms with Gasteiger partial charge in [-0.3, -0.25) is 4.79 Å². The molecule has 4 rings (SSSR count). The highest BCUT2D eigenvalue weighted by Crippen LogP contribution is 2.45. The van der Waals surface area contributed by atoms with Crippen LogP contribution in [0.25, 0.3) is 0 Å². The van der Waals surface area contributed by atoms with E-state index in [0.717, 1.165) is 12.4 Å². The van der Waals surface area contributed by atoms with E-state index >= 15 is 0 Å². The van der Waals surface area contributed by atoms with Crippen LogP contribution in [0.15, 0.2) is 12.4 Å². The molecular weight excluding hydrogens is 438 g/mol. The van der Waals surface area contributed by atoms with E-state index in [0.29, 0.717) is 32.3 Å². The van der Waals surface area contributed by atoms with Gasteiger partial charge in [0.05, 0.1) is 38.7 Å². The molecule has 3 saturated heterocycles. The van der Waals surface area contributed by atoms with Gasteiger partial charge in [-0.25, -0.2) is 27.9 Å². The first-order valence-electron chi connectivity index (χ1n) is 9.07. The minimum absolute atomic E-state index is 0.108. The van der Waals surface area contributed by atoms with Crippen molar-refractivity contribution in [2.24, 2.45) is 11.3 Å². The first-order valence-corrected chi connectivity index (χ1v) is 9.07. The number of anilines is 1. The van der Waals surface area contributed by atoms with E-state index in [4.69, 9.17) is 14.6 Å². The van der Waals surface area contributed by atoms with Gasteiger partial charge in [-0.2, -0.15) is 13.2 Å². The Bertz CT molecular complexity index is 829. The molecule has 0 bridgehead atoms. The first kappa shape index (κ1) is 23.0. The first-order chi connectivity index (χ1) is 14.3. The summed E-state index contributed by atoms with van der Waals surface area (Å²) in [5.74, 6) is -5.77. The van der Waals surface area contributed by atoms with E-state index in [1.165, 1.54) is 4.90 Å². The summed E-state index contributed by atoms with van der Waals surface area (Å²) in [6, 6.07) is 0. The van der Waals surface area contributed by atoms with Crippen LogP contribution >= 0.6 is 0 Å². The number of likely N-dealkylation sites (tertiary alicyclic amines) is 1. The molecule has 14 heteroatoms. The summed E-state index contributed by atoms with van der Waals surface area (Å²) >= 11 is 0. The molecule has 2 atom stereocenters. The molecule has 8 nitrogen and oxygen atoms in total. The Hall–Kier alpha value is -2.64. The van der Waals surface area contributed by atoms with Gasteiger partial charge in [0, 0.05) is 30.8 Å². The lowest BCUT2D eigenvalue weighted by molar-refractivity contribution is -0.192. The second-order valence-electron chi connectivity index (χ2n) is 7.74. The van der Waals surface area contributed by atoms with Crippen LogP contribution in [0.3, 0.4) is 0 Å². The number of hydrogen-bond acceptors (Lipinski definition) is 6. The summed E-state index contributed by atoms with van der Waals surface area (Å²) in [5, 5.41) is 7.12. The van der Waals surface area contributed by atoms with Crippen molar-refractivity contribution in [3.63, 3.8) is 0 Å². The lowest BCUT2D eigenvalue weighted by atomic mass is 9.77. The Morgan fingerprint density at radius 3 is 2.29 bits per heavy atom. The minimum atomic E-state index is -5.08. The number of hydrogen-bond donors (Lipinski definition) is 1. The van der Waals surface area contributed by atoms with Gasteiger partial charge in [0.15, 0.2) is 5.82 Å². The molecule has 0 saturated carbocycles. The third-order valence-corrected chi connectivity index (χ3v) is 5.35. The van der Waals surface area contributed by atoms with Crippen LogP contribution in [0.1, 0.15) is 6.42 Å². The SMILES string of the molecule is O=C(C[C@]12COC[C@H]1CN(c1ncc(F)cn1)C2)N1CC(F)(F)C1.O=C(O)C(F)(F)F. The number of alkyl halides is 5. The van der Waals surface area contributed by atoms with Crippen molar-refractivity contribution >= 4 is 17.8 Å². The van der Waals surface area contributed by atoms with Crippen molar-refractivity contribution in [1.29, 1.82) is 0 Å². The predicted octanol–water partition coefficient (Wildman–Crippen LogP) is 1.57. The molecule has 0 aromatic carbocycles. The van der Waals surface area contributed by atoms with Crippen LogP contribution in [-0.2, 0) is 14.3 Å². The molecule has 1 N–H and O–H groups in total. The van der Waals surface area contributed by atoms with Gasteiger partial charge in [0.2, 0.25) is 11.9 Å². The van der Waals surface area contributed by atoms with E-state index in [1.54, 1.807) is 0 Å². The molecular formula is C17H18F6N4O4. The number of nitrogens with zero attached hydrogens (tertiary/aromatic N) is 4. The maximum absolute atomic E-state index is 13.0. The number of amides is 1. The molecule has 0 radical (unpaired) electrons. The number of aliphatic carboxylic acids is 1. The highest BCUT2D eigenvalue weighted by Gasteiger charge is 2.54. The van der Waals surface area contributed by atoms with Crippen LogP contribution in [0.5, 0.6) is 0 Å². The number of ether oxygens (including phenoxy) is 1. The summed E-state index contributed by atoms with van der Waals surface area (Å²) in [6.45, 7) is 1.03. The summed E-state index contributed by atoms with van der Waals surface area (Å²) in [6.07, 6.45) is -2.70. The third kappa shape index (κ3) is 5.17. The summed E-state index contributed by atoms with van der Waals surface area (Å²) in [7, 11) is 0. The topological polar surface area (TPSA) is 95.9 Å². The van der Waals surface area contributed by atoms with Crippen molar-refractivity contribution in [2.45, 2.75) is 18.5 Å². The third-order valence-electron chi connectivity index (χ3n) is 5.35. The number of aromatic nitrogens is 2.